The van der Waals surface area contributed by atoms with E-state index in [4.69, 9.17) is 0 Å². The van der Waals surface area contributed by atoms with Crippen molar-refractivity contribution in [2.24, 2.45) is 0 Å². The van der Waals surface area contributed by atoms with Crippen LogP contribution in [-0.2, 0) is 13.0 Å². The van der Waals surface area contributed by atoms with Crippen LogP contribution in [0.4, 0.5) is 9.52 Å². The first kappa shape index (κ1) is 19.9. The minimum absolute atomic E-state index is 0.152. The monoisotopic (exact) mass is 400 g/mol. The lowest BCUT2D eigenvalue weighted by Crippen LogP contribution is -2.26. The Labute approximate surface area is 166 Å². The number of rotatable bonds is 7. The van der Waals surface area contributed by atoms with Crippen molar-refractivity contribution in [1.29, 1.82) is 0 Å². The second kappa shape index (κ2) is 8.88. The third-order valence-corrected chi connectivity index (χ3v) is 5.32. The first-order chi connectivity index (χ1) is 13.5. The molecule has 0 saturated heterocycles. The Balaban J connectivity index is 1.75. The molecule has 0 aliphatic rings. The van der Waals surface area contributed by atoms with E-state index in [9.17, 15) is 14.0 Å². The Morgan fingerprint density at radius 1 is 1.25 bits per heavy atom. The average molecular weight is 400 g/mol. The lowest BCUT2D eigenvalue weighted by molar-refractivity contribution is 0.101. The van der Waals surface area contributed by atoms with Gasteiger partial charge in [0.05, 0.1) is 5.69 Å². The van der Waals surface area contributed by atoms with Gasteiger partial charge >= 0.3 is 0 Å². The summed E-state index contributed by atoms with van der Waals surface area (Å²) in [5.41, 5.74) is 1.24. The number of aryl methyl sites for hydroxylation is 2. The fourth-order valence-corrected chi connectivity index (χ4v) is 3.64. The van der Waals surface area contributed by atoms with Crippen LogP contribution in [0, 0.1) is 12.7 Å². The van der Waals surface area contributed by atoms with Crippen molar-refractivity contribution in [3.05, 3.63) is 74.4 Å². The van der Waals surface area contributed by atoms with Crippen LogP contribution < -0.4 is 10.9 Å². The maximum absolute atomic E-state index is 13.9. The van der Waals surface area contributed by atoms with Crippen LogP contribution in [-0.4, -0.2) is 20.7 Å². The summed E-state index contributed by atoms with van der Waals surface area (Å²) in [7, 11) is 0. The zero-order chi connectivity index (χ0) is 20.1. The summed E-state index contributed by atoms with van der Waals surface area (Å²) in [5.74, 6) is -0.698. The topological polar surface area (TPSA) is 76.9 Å². The Morgan fingerprint density at radius 2 is 2.04 bits per heavy atom. The fourth-order valence-electron chi connectivity index (χ4n) is 2.66. The molecule has 1 amide bonds. The number of nitrogens with zero attached hydrogens (tertiary/aromatic N) is 3. The number of halogens is 1. The maximum atomic E-state index is 13.9. The Bertz CT molecular complexity index is 1040. The Morgan fingerprint density at radius 3 is 2.79 bits per heavy atom. The zero-order valence-electron chi connectivity index (χ0n) is 15.7. The van der Waals surface area contributed by atoms with Gasteiger partial charge in [-0.25, -0.2) is 14.1 Å². The summed E-state index contributed by atoms with van der Waals surface area (Å²) in [4.78, 5) is 29.6. The number of unbranched alkanes of at least 4 members (excludes halogenated alkanes) is 1. The highest BCUT2D eigenvalue weighted by Gasteiger charge is 2.15. The highest BCUT2D eigenvalue weighted by molar-refractivity contribution is 7.15. The predicted molar refractivity (Wildman–Crippen MR) is 107 cm³/mol. The lowest BCUT2D eigenvalue weighted by atomic mass is 10.1. The molecule has 1 N–H and O–H groups in total. The number of hydrogen-bond acceptors (Lipinski definition) is 5. The van der Waals surface area contributed by atoms with Crippen LogP contribution >= 0.6 is 11.3 Å². The second-order valence-corrected chi connectivity index (χ2v) is 7.47. The highest BCUT2D eigenvalue weighted by Crippen LogP contribution is 2.26. The summed E-state index contributed by atoms with van der Waals surface area (Å²) in [6.45, 7) is 4.32. The van der Waals surface area contributed by atoms with Gasteiger partial charge in [-0.3, -0.25) is 14.9 Å². The summed E-state index contributed by atoms with van der Waals surface area (Å²) in [6, 6.07) is 9.34. The van der Waals surface area contributed by atoms with E-state index >= 15 is 0 Å². The van der Waals surface area contributed by atoms with Crippen LogP contribution in [0.5, 0.6) is 0 Å². The van der Waals surface area contributed by atoms with Gasteiger partial charge in [0, 0.05) is 23.9 Å². The number of anilines is 1. The summed E-state index contributed by atoms with van der Waals surface area (Å²) in [5, 5.41) is 7.27. The van der Waals surface area contributed by atoms with Crippen LogP contribution in [0.2, 0.25) is 0 Å². The summed E-state index contributed by atoms with van der Waals surface area (Å²) < 4.78 is 15.2. The number of aromatic nitrogens is 3. The average Bonchev–Trinajstić information content (AvgIpc) is 3.01. The van der Waals surface area contributed by atoms with E-state index in [0.29, 0.717) is 23.7 Å². The molecule has 0 radical (unpaired) electrons. The first-order valence-electron chi connectivity index (χ1n) is 9.07. The molecule has 2 heterocycles. The molecule has 0 atom stereocenters. The van der Waals surface area contributed by atoms with E-state index in [2.05, 4.69) is 15.4 Å². The van der Waals surface area contributed by atoms with E-state index < -0.39 is 5.91 Å². The van der Waals surface area contributed by atoms with Gasteiger partial charge in [0.25, 0.3) is 11.5 Å². The van der Waals surface area contributed by atoms with Crippen LogP contribution in [0.1, 0.15) is 46.4 Å². The van der Waals surface area contributed by atoms with Gasteiger partial charge in [-0.1, -0.05) is 31.5 Å². The summed E-state index contributed by atoms with van der Waals surface area (Å²) >= 11 is 1.30. The van der Waals surface area contributed by atoms with Crippen LogP contribution in [0.25, 0.3) is 0 Å². The van der Waals surface area contributed by atoms with E-state index in [1.54, 1.807) is 18.2 Å². The maximum Gasteiger partial charge on any atom is 0.277 e. The van der Waals surface area contributed by atoms with E-state index in [1.807, 2.05) is 13.8 Å². The molecule has 2 aromatic heterocycles. The van der Waals surface area contributed by atoms with Gasteiger partial charge in [-0.15, -0.1) is 11.3 Å². The summed E-state index contributed by atoms with van der Waals surface area (Å²) in [6.07, 6.45) is 2.14. The first-order valence-corrected chi connectivity index (χ1v) is 9.88. The molecule has 146 valence electrons. The quantitative estimate of drug-likeness (QED) is 0.655. The minimum Gasteiger partial charge on any atom is -0.296 e. The Hall–Kier alpha value is -2.87. The number of nitrogens with one attached hydrogen (secondary N) is 1. The number of benzene rings is 1. The molecule has 0 fully saturated rings. The number of carbonyl (C=O) groups is 1. The van der Waals surface area contributed by atoms with Crippen molar-refractivity contribution in [2.75, 3.05) is 5.32 Å². The molecule has 3 aromatic rings. The van der Waals surface area contributed by atoms with Gasteiger partial charge in [-0.2, -0.15) is 5.10 Å². The molecule has 1 aromatic carbocycles. The van der Waals surface area contributed by atoms with Crippen molar-refractivity contribution < 1.29 is 9.18 Å². The third-order valence-electron chi connectivity index (χ3n) is 4.24. The third kappa shape index (κ3) is 4.69. The predicted octanol–water partition coefficient (Wildman–Crippen LogP) is 3.79. The number of carbonyl (C=O) groups excluding carboxylic acids is 1. The smallest absolute Gasteiger partial charge is 0.277 e. The molecule has 0 aliphatic heterocycles. The lowest BCUT2D eigenvalue weighted by Gasteiger charge is -2.06. The normalized spacial score (nSPS) is 10.8. The van der Waals surface area contributed by atoms with Gasteiger partial charge < -0.3 is 0 Å². The zero-order valence-corrected chi connectivity index (χ0v) is 16.6. The Kier molecular flexibility index (Phi) is 6.30. The standard InChI is InChI=1S/C20H21FN4O2S/c1-3-4-11-25-18(26)10-9-16(24-25)19(27)23-20-22-13(2)17(28-20)12-14-7-5-6-8-15(14)21/h5-10H,3-4,11-12H2,1-2H3,(H,22,23,27). The van der Waals surface area contributed by atoms with E-state index in [0.717, 1.165) is 23.4 Å². The molecule has 0 spiro atoms. The second-order valence-electron chi connectivity index (χ2n) is 6.38. The minimum atomic E-state index is -0.434. The van der Waals surface area contributed by atoms with Gasteiger partial charge in [0.2, 0.25) is 0 Å². The largest absolute Gasteiger partial charge is 0.296 e. The molecule has 8 heteroatoms. The van der Waals surface area contributed by atoms with Crippen molar-refractivity contribution in [1.82, 2.24) is 14.8 Å². The van der Waals surface area contributed by atoms with E-state index in [-0.39, 0.29) is 17.1 Å². The molecular formula is C20H21FN4O2S. The molecule has 28 heavy (non-hydrogen) atoms. The molecule has 6 nitrogen and oxygen atoms in total. The van der Waals surface area contributed by atoms with Crippen LogP contribution in [0.3, 0.4) is 0 Å². The number of hydrogen-bond donors (Lipinski definition) is 1. The SMILES string of the molecule is CCCCn1nc(C(=O)Nc2nc(C)c(Cc3ccccc3F)s2)ccc1=O. The fraction of sp³-hybridized carbons (Fsp3) is 0.300. The van der Waals surface area contributed by atoms with Crippen molar-refractivity contribution in [2.45, 2.75) is 39.7 Å². The van der Waals surface area contributed by atoms with E-state index in [1.165, 1.54) is 34.2 Å². The van der Waals surface area contributed by atoms with Crippen molar-refractivity contribution in [3.63, 3.8) is 0 Å². The van der Waals surface area contributed by atoms with Gasteiger partial charge in [0.15, 0.2) is 5.13 Å². The molecule has 0 unspecified atom stereocenters. The molecule has 0 aliphatic carbocycles. The molecule has 3 rings (SSSR count). The molecule has 0 saturated carbocycles. The molecule has 0 bridgehead atoms. The van der Waals surface area contributed by atoms with Crippen molar-refractivity contribution in [3.8, 4) is 0 Å². The highest BCUT2D eigenvalue weighted by atomic mass is 32.1. The van der Waals surface area contributed by atoms with Gasteiger partial charge in [-0.05, 0) is 31.0 Å². The van der Waals surface area contributed by atoms with Gasteiger partial charge in [0.1, 0.15) is 11.5 Å². The number of amides is 1. The molecular weight excluding hydrogens is 379 g/mol. The van der Waals surface area contributed by atoms with Crippen LogP contribution in [0.15, 0.2) is 41.2 Å². The number of thiazole rings is 1. The van der Waals surface area contributed by atoms with Crippen molar-refractivity contribution >= 4 is 22.4 Å².